The summed E-state index contributed by atoms with van der Waals surface area (Å²) in [5.41, 5.74) is 7.24. The topological polar surface area (TPSA) is 26.0 Å². The average molecular weight is 248 g/mol. The van der Waals surface area contributed by atoms with Crippen molar-refractivity contribution in [2.24, 2.45) is 5.73 Å². The first-order chi connectivity index (χ1) is 5.64. The van der Waals surface area contributed by atoms with Crippen molar-refractivity contribution in [1.29, 1.82) is 0 Å². The van der Waals surface area contributed by atoms with E-state index in [4.69, 9.17) is 5.73 Å². The molecule has 0 spiro atoms. The van der Waals surface area contributed by atoms with Crippen LogP contribution in [0, 0.1) is 0 Å². The van der Waals surface area contributed by atoms with Gasteiger partial charge in [0, 0.05) is 12.0 Å². The van der Waals surface area contributed by atoms with Crippen molar-refractivity contribution in [3.63, 3.8) is 0 Å². The number of halogens is 1. The maximum atomic E-state index is 5.76. The van der Waals surface area contributed by atoms with Gasteiger partial charge in [0.2, 0.25) is 0 Å². The molecule has 0 fully saturated rings. The maximum Gasteiger partial charge on any atom is 0.0736 e. The minimum absolute atomic E-state index is 0.138. The number of hydrogen-bond acceptors (Lipinski definition) is 2. The van der Waals surface area contributed by atoms with Crippen molar-refractivity contribution in [3.8, 4) is 0 Å². The molecule has 0 aliphatic carbocycles. The summed E-state index contributed by atoms with van der Waals surface area (Å²) in [5.74, 6) is 0. The van der Waals surface area contributed by atoms with Gasteiger partial charge in [0.15, 0.2) is 0 Å². The van der Waals surface area contributed by atoms with E-state index in [1.54, 1.807) is 11.3 Å². The predicted octanol–water partition coefficient (Wildman–Crippen LogP) is 3.14. The zero-order valence-corrected chi connectivity index (χ0v) is 9.83. The van der Waals surface area contributed by atoms with Gasteiger partial charge in [-0.2, -0.15) is 0 Å². The second-order valence-corrected chi connectivity index (χ2v) is 5.46. The summed E-state index contributed by atoms with van der Waals surface area (Å²) < 4.78 is 1.22. The van der Waals surface area contributed by atoms with E-state index in [2.05, 4.69) is 41.2 Å². The minimum atomic E-state index is 0.138. The van der Waals surface area contributed by atoms with Gasteiger partial charge in [-0.05, 0) is 39.4 Å². The van der Waals surface area contributed by atoms with Crippen LogP contribution in [-0.4, -0.2) is 6.54 Å². The number of rotatable bonds is 3. The lowest BCUT2D eigenvalue weighted by atomic mass is 9.82. The number of thiophene rings is 1. The van der Waals surface area contributed by atoms with Crippen molar-refractivity contribution in [2.75, 3.05) is 6.54 Å². The molecule has 0 saturated carbocycles. The van der Waals surface area contributed by atoms with Gasteiger partial charge < -0.3 is 5.73 Å². The van der Waals surface area contributed by atoms with Crippen LogP contribution in [0.15, 0.2) is 15.2 Å². The molecule has 0 bridgehead atoms. The second kappa shape index (κ2) is 3.90. The van der Waals surface area contributed by atoms with Crippen LogP contribution in [0.4, 0.5) is 0 Å². The molecule has 3 heteroatoms. The lowest BCUT2D eigenvalue weighted by molar-refractivity contribution is 0.467. The van der Waals surface area contributed by atoms with Gasteiger partial charge in [-0.3, -0.25) is 0 Å². The fourth-order valence-electron chi connectivity index (χ4n) is 1.17. The zero-order valence-electron chi connectivity index (χ0n) is 7.43. The molecule has 0 aromatic carbocycles. The quantitative estimate of drug-likeness (QED) is 0.873. The van der Waals surface area contributed by atoms with Crippen molar-refractivity contribution in [1.82, 2.24) is 0 Å². The van der Waals surface area contributed by atoms with Gasteiger partial charge in [0.25, 0.3) is 0 Å². The van der Waals surface area contributed by atoms with Gasteiger partial charge in [-0.15, -0.1) is 11.3 Å². The van der Waals surface area contributed by atoms with Crippen LogP contribution >= 0.6 is 27.3 Å². The molecule has 1 heterocycles. The van der Waals surface area contributed by atoms with Gasteiger partial charge >= 0.3 is 0 Å². The Morgan fingerprint density at radius 3 is 2.67 bits per heavy atom. The first-order valence-electron chi connectivity index (χ1n) is 4.07. The molecule has 0 radical (unpaired) electrons. The molecule has 1 aromatic rings. The fourth-order valence-corrected chi connectivity index (χ4v) is 2.87. The first-order valence-corrected chi connectivity index (χ1v) is 5.75. The summed E-state index contributed by atoms with van der Waals surface area (Å²) in [7, 11) is 0. The Balaban J connectivity index is 3.02. The third-order valence-electron chi connectivity index (χ3n) is 2.50. The van der Waals surface area contributed by atoms with Crippen molar-refractivity contribution in [3.05, 3.63) is 20.8 Å². The summed E-state index contributed by atoms with van der Waals surface area (Å²) in [5, 5.41) is 2.10. The lowest BCUT2D eigenvalue weighted by Gasteiger charge is -2.26. The van der Waals surface area contributed by atoms with Crippen molar-refractivity contribution < 1.29 is 0 Å². The standard InChI is InChI=1S/C9H14BrNS/c1-3-9(2,6-11)7-4-5-12-8(7)10/h4-5H,3,6,11H2,1-2H3. The van der Waals surface area contributed by atoms with Crippen molar-refractivity contribution in [2.45, 2.75) is 25.7 Å². The summed E-state index contributed by atoms with van der Waals surface area (Å²) in [6.07, 6.45) is 1.08. The highest BCUT2D eigenvalue weighted by atomic mass is 79.9. The second-order valence-electron chi connectivity index (χ2n) is 3.23. The van der Waals surface area contributed by atoms with E-state index >= 15 is 0 Å². The lowest BCUT2D eigenvalue weighted by Crippen LogP contribution is -2.30. The monoisotopic (exact) mass is 247 g/mol. The molecular formula is C9H14BrNS. The first kappa shape index (κ1) is 10.2. The molecular weight excluding hydrogens is 234 g/mol. The van der Waals surface area contributed by atoms with Crippen LogP contribution in [0.5, 0.6) is 0 Å². The summed E-state index contributed by atoms with van der Waals surface area (Å²) in [4.78, 5) is 0. The summed E-state index contributed by atoms with van der Waals surface area (Å²) in [6, 6.07) is 2.16. The summed E-state index contributed by atoms with van der Waals surface area (Å²) in [6.45, 7) is 5.09. The third-order valence-corrected chi connectivity index (χ3v) is 4.19. The highest BCUT2D eigenvalue weighted by Crippen LogP contribution is 2.35. The Kier molecular flexibility index (Phi) is 3.32. The van der Waals surface area contributed by atoms with Gasteiger partial charge in [-0.1, -0.05) is 13.8 Å². The SMILES string of the molecule is CCC(C)(CN)c1ccsc1Br. The van der Waals surface area contributed by atoms with Crippen LogP contribution in [0.2, 0.25) is 0 Å². The largest absolute Gasteiger partial charge is 0.330 e. The Morgan fingerprint density at radius 2 is 2.33 bits per heavy atom. The van der Waals surface area contributed by atoms with Gasteiger partial charge in [0.05, 0.1) is 3.79 Å². The van der Waals surface area contributed by atoms with E-state index in [0.29, 0.717) is 6.54 Å². The van der Waals surface area contributed by atoms with Gasteiger partial charge in [-0.25, -0.2) is 0 Å². The smallest absolute Gasteiger partial charge is 0.0736 e. The molecule has 0 saturated heterocycles. The Bertz CT molecular complexity index is 253. The molecule has 1 atom stereocenters. The molecule has 0 aliphatic heterocycles. The molecule has 0 amide bonds. The van der Waals surface area contributed by atoms with Crippen LogP contribution < -0.4 is 5.73 Å². The minimum Gasteiger partial charge on any atom is -0.330 e. The molecule has 1 unspecified atom stereocenters. The fraction of sp³-hybridized carbons (Fsp3) is 0.556. The Labute approximate surface area is 86.1 Å². The molecule has 0 aliphatic rings. The number of nitrogens with two attached hydrogens (primary N) is 1. The van der Waals surface area contributed by atoms with Crippen LogP contribution in [0.25, 0.3) is 0 Å². The average Bonchev–Trinajstić information content (AvgIpc) is 2.51. The maximum absolute atomic E-state index is 5.76. The third kappa shape index (κ3) is 1.73. The van der Waals surface area contributed by atoms with E-state index in [0.717, 1.165) is 6.42 Å². The highest BCUT2D eigenvalue weighted by molar-refractivity contribution is 9.11. The molecule has 2 N–H and O–H groups in total. The van der Waals surface area contributed by atoms with E-state index < -0.39 is 0 Å². The van der Waals surface area contributed by atoms with E-state index in [-0.39, 0.29) is 5.41 Å². The van der Waals surface area contributed by atoms with E-state index in [9.17, 15) is 0 Å². The van der Waals surface area contributed by atoms with E-state index in [1.165, 1.54) is 9.35 Å². The zero-order chi connectivity index (χ0) is 9.19. The van der Waals surface area contributed by atoms with Crippen LogP contribution in [-0.2, 0) is 5.41 Å². The Morgan fingerprint density at radius 1 is 1.67 bits per heavy atom. The van der Waals surface area contributed by atoms with Crippen LogP contribution in [0.1, 0.15) is 25.8 Å². The molecule has 68 valence electrons. The molecule has 1 rings (SSSR count). The predicted molar refractivity (Wildman–Crippen MR) is 58.7 cm³/mol. The Hall–Kier alpha value is 0.140. The van der Waals surface area contributed by atoms with Crippen LogP contribution in [0.3, 0.4) is 0 Å². The molecule has 12 heavy (non-hydrogen) atoms. The number of hydrogen-bond donors (Lipinski definition) is 1. The highest BCUT2D eigenvalue weighted by Gasteiger charge is 2.25. The van der Waals surface area contributed by atoms with Gasteiger partial charge in [0.1, 0.15) is 0 Å². The summed E-state index contributed by atoms with van der Waals surface area (Å²) >= 11 is 5.27. The van der Waals surface area contributed by atoms with Crippen molar-refractivity contribution >= 4 is 27.3 Å². The molecule has 1 nitrogen and oxygen atoms in total. The normalized spacial score (nSPS) is 16.0. The molecule has 1 aromatic heterocycles. The van der Waals surface area contributed by atoms with E-state index in [1.807, 2.05) is 0 Å².